The van der Waals surface area contributed by atoms with Crippen molar-refractivity contribution in [3.05, 3.63) is 39.9 Å². The van der Waals surface area contributed by atoms with Crippen LogP contribution in [0.2, 0.25) is 0 Å². The van der Waals surface area contributed by atoms with Gasteiger partial charge < -0.3 is 11.1 Å². The predicted octanol–water partition coefficient (Wildman–Crippen LogP) is 1.09. The number of benzene rings is 1. The summed E-state index contributed by atoms with van der Waals surface area (Å²) in [5.74, 6) is -0.180. The first-order valence-corrected chi connectivity index (χ1v) is 5.82. The van der Waals surface area contributed by atoms with Crippen molar-refractivity contribution in [2.75, 3.05) is 0 Å². The summed E-state index contributed by atoms with van der Waals surface area (Å²) < 4.78 is 0. The summed E-state index contributed by atoms with van der Waals surface area (Å²) in [7, 11) is 0. The third-order valence-electron chi connectivity index (χ3n) is 3.27. The summed E-state index contributed by atoms with van der Waals surface area (Å²) in [4.78, 5) is 21.9. The third-order valence-corrected chi connectivity index (χ3v) is 3.27. The number of nitrogens with zero attached hydrogens (tertiary/aromatic N) is 1. The number of amides is 1. The summed E-state index contributed by atoms with van der Waals surface area (Å²) in [5, 5.41) is 13.3. The van der Waals surface area contributed by atoms with E-state index in [9.17, 15) is 14.9 Å². The monoisotopic (exact) mass is 249 g/mol. The first kappa shape index (κ1) is 12.5. The van der Waals surface area contributed by atoms with Gasteiger partial charge in [0.15, 0.2) is 0 Å². The molecule has 1 fully saturated rings. The standard InChI is InChI=1S/C12H15N3O3/c13-12(5-2-6-12)11(16)14-8-9-3-1-4-10(7-9)15(17)18/h1,3-4,7H,2,5-6,8,13H2,(H,14,16). The lowest BCUT2D eigenvalue weighted by Gasteiger charge is -2.36. The van der Waals surface area contributed by atoms with Crippen molar-refractivity contribution in [2.45, 2.75) is 31.3 Å². The van der Waals surface area contributed by atoms with Gasteiger partial charge in [-0.1, -0.05) is 12.1 Å². The van der Waals surface area contributed by atoms with E-state index in [-0.39, 0.29) is 18.1 Å². The van der Waals surface area contributed by atoms with Crippen LogP contribution in [0.5, 0.6) is 0 Å². The number of carbonyl (C=O) groups is 1. The van der Waals surface area contributed by atoms with Gasteiger partial charge in [0.1, 0.15) is 0 Å². The van der Waals surface area contributed by atoms with Crippen LogP contribution in [0.4, 0.5) is 5.69 Å². The van der Waals surface area contributed by atoms with E-state index in [1.807, 2.05) is 0 Å². The highest BCUT2D eigenvalue weighted by Crippen LogP contribution is 2.29. The lowest BCUT2D eigenvalue weighted by Crippen LogP contribution is -2.58. The fraction of sp³-hybridized carbons (Fsp3) is 0.417. The van der Waals surface area contributed by atoms with Gasteiger partial charge in [-0.2, -0.15) is 0 Å². The lowest BCUT2D eigenvalue weighted by molar-refractivity contribution is -0.384. The molecule has 1 aromatic carbocycles. The maximum atomic E-state index is 11.8. The van der Waals surface area contributed by atoms with Crippen molar-refractivity contribution in [3.63, 3.8) is 0 Å². The van der Waals surface area contributed by atoms with Crippen LogP contribution in [0, 0.1) is 10.1 Å². The van der Waals surface area contributed by atoms with Crippen LogP contribution >= 0.6 is 0 Å². The van der Waals surface area contributed by atoms with Crippen LogP contribution in [0.25, 0.3) is 0 Å². The van der Waals surface area contributed by atoms with E-state index in [4.69, 9.17) is 5.73 Å². The number of nitrogens with one attached hydrogen (secondary N) is 1. The van der Waals surface area contributed by atoms with Gasteiger partial charge >= 0.3 is 0 Å². The molecular formula is C12H15N3O3. The highest BCUT2D eigenvalue weighted by atomic mass is 16.6. The average molecular weight is 249 g/mol. The molecule has 0 unspecified atom stereocenters. The molecule has 3 N–H and O–H groups in total. The minimum atomic E-state index is -0.735. The number of carbonyl (C=O) groups excluding carboxylic acids is 1. The average Bonchev–Trinajstić information content (AvgIpc) is 2.33. The molecule has 1 saturated carbocycles. The quantitative estimate of drug-likeness (QED) is 0.616. The normalized spacial score (nSPS) is 16.7. The molecule has 1 amide bonds. The Bertz CT molecular complexity index is 483. The molecule has 1 aromatic rings. The molecule has 6 nitrogen and oxygen atoms in total. The summed E-state index contributed by atoms with van der Waals surface area (Å²) in [6, 6.07) is 6.20. The van der Waals surface area contributed by atoms with Gasteiger partial charge in [-0.3, -0.25) is 14.9 Å². The summed E-state index contributed by atoms with van der Waals surface area (Å²) >= 11 is 0. The molecule has 1 aliphatic rings. The van der Waals surface area contributed by atoms with Gasteiger partial charge in [-0.25, -0.2) is 0 Å². The van der Waals surface area contributed by atoms with Crippen molar-refractivity contribution in [1.82, 2.24) is 5.32 Å². The number of hydrogen-bond donors (Lipinski definition) is 2. The second kappa shape index (κ2) is 4.73. The van der Waals surface area contributed by atoms with Crippen LogP contribution < -0.4 is 11.1 Å². The molecule has 0 aromatic heterocycles. The highest BCUT2D eigenvalue weighted by molar-refractivity contribution is 5.86. The Balaban J connectivity index is 1.96. The van der Waals surface area contributed by atoms with Gasteiger partial charge in [-0.15, -0.1) is 0 Å². The van der Waals surface area contributed by atoms with Gasteiger partial charge in [0, 0.05) is 18.7 Å². The number of nitrogens with two attached hydrogens (primary N) is 1. The zero-order valence-electron chi connectivity index (χ0n) is 9.89. The number of hydrogen-bond acceptors (Lipinski definition) is 4. The number of rotatable bonds is 4. The molecule has 18 heavy (non-hydrogen) atoms. The zero-order valence-corrected chi connectivity index (χ0v) is 9.89. The Morgan fingerprint density at radius 3 is 2.78 bits per heavy atom. The van der Waals surface area contributed by atoms with Crippen LogP contribution in [-0.2, 0) is 11.3 Å². The largest absolute Gasteiger partial charge is 0.350 e. The molecule has 1 aliphatic carbocycles. The Hall–Kier alpha value is -1.95. The second-order valence-electron chi connectivity index (χ2n) is 4.62. The fourth-order valence-electron chi connectivity index (χ4n) is 1.92. The summed E-state index contributed by atoms with van der Waals surface area (Å²) in [6.07, 6.45) is 2.38. The van der Waals surface area contributed by atoms with Crippen LogP contribution in [-0.4, -0.2) is 16.4 Å². The molecule has 6 heteroatoms. The van der Waals surface area contributed by atoms with Gasteiger partial charge in [0.2, 0.25) is 5.91 Å². The lowest BCUT2D eigenvalue weighted by atomic mass is 9.77. The molecule has 0 atom stereocenters. The van der Waals surface area contributed by atoms with Crippen LogP contribution in [0.3, 0.4) is 0 Å². The molecule has 0 aliphatic heterocycles. The van der Waals surface area contributed by atoms with E-state index >= 15 is 0 Å². The van der Waals surface area contributed by atoms with Crippen molar-refractivity contribution < 1.29 is 9.72 Å². The van der Waals surface area contributed by atoms with Gasteiger partial charge in [0.05, 0.1) is 10.5 Å². The Labute approximate surface area is 104 Å². The minimum absolute atomic E-state index is 0.0212. The van der Waals surface area contributed by atoms with E-state index in [0.717, 1.165) is 6.42 Å². The minimum Gasteiger partial charge on any atom is -0.350 e. The maximum absolute atomic E-state index is 11.8. The Morgan fingerprint density at radius 1 is 1.50 bits per heavy atom. The first-order valence-electron chi connectivity index (χ1n) is 5.82. The van der Waals surface area contributed by atoms with E-state index in [0.29, 0.717) is 18.4 Å². The molecule has 0 spiro atoms. The fourth-order valence-corrected chi connectivity index (χ4v) is 1.92. The Kier molecular flexibility index (Phi) is 3.29. The molecule has 0 bridgehead atoms. The third kappa shape index (κ3) is 2.48. The van der Waals surface area contributed by atoms with Crippen molar-refractivity contribution >= 4 is 11.6 Å². The number of non-ortho nitro benzene ring substituents is 1. The smallest absolute Gasteiger partial charge is 0.269 e. The van der Waals surface area contributed by atoms with Crippen molar-refractivity contribution in [2.24, 2.45) is 5.73 Å². The summed E-state index contributed by atoms with van der Waals surface area (Å²) in [5.41, 5.74) is 5.85. The topological polar surface area (TPSA) is 98.3 Å². The van der Waals surface area contributed by atoms with Gasteiger partial charge in [-0.05, 0) is 24.8 Å². The van der Waals surface area contributed by atoms with Crippen molar-refractivity contribution in [3.8, 4) is 0 Å². The first-order chi connectivity index (χ1) is 8.51. The number of nitro benzene ring substituents is 1. The Morgan fingerprint density at radius 2 is 2.22 bits per heavy atom. The molecule has 2 rings (SSSR count). The van der Waals surface area contributed by atoms with Crippen molar-refractivity contribution in [1.29, 1.82) is 0 Å². The van der Waals surface area contributed by atoms with E-state index in [1.54, 1.807) is 12.1 Å². The second-order valence-corrected chi connectivity index (χ2v) is 4.62. The van der Waals surface area contributed by atoms with E-state index in [2.05, 4.69) is 5.32 Å². The summed E-state index contributed by atoms with van der Waals surface area (Å²) in [6.45, 7) is 0.263. The predicted molar refractivity (Wildman–Crippen MR) is 65.7 cm³/mol. The maximum Gasteiger partial charge on any atom is 0.269 e. The van der Waals surface area contributed by atoms with E-state index < -0.39 is 10.5 Å². The van der Waals surface area contributed by atoms with Crippen LogP contribution in [0.15, 0.2) is 24.3 Å². The molecule has 96 valence electrons. The van der Waals surface area contributed by atoms with Gasteiger partial charge in [0.25, 0.3) is 5.69 Å². The molecule has 0 heterocycles. The zero-order chi connectivity index (χ0) is 13.2. The molecule has 0 radical (unpaired) electrons. The number of nitro groups is 1. The SMILES string of the molecule is NC1(C(=O)NCc2cccc([N+](=O)[O-])c2)CCC1. The van der Waals surface area contributed by atoms with E-state index in [1.165, 1.54) is 12.1 Å². The highest BCUT2D eigenvalue weighted by Gasteiger charge is 2.39. The molecule has 0 saturated heterocycles. The van der Waals surface area contributed by atoms with Crippen LogP contribution in [0.1, 0.15) is 24.8 Å². The molecular weight excluding hydrogens is 234 g/mol.